The van der Waals surface area contributed by atoms with E-state index in [1.54, 1.807) is 0 Å². The van der Waals surface area contributed by atoms with E-state index >= 15 is 0 Å². The first kappa shape index (κ1) is 20.3. The second-order valence-corrected chi connectivity index (χ2v) is 7.03. The fraction of sp³-hybridized carbons (Fsp3) is 0.765. The van der Waals surface area contributed by atoms with Crippen LogP contribution in [0.3, 0.4) is 0 Å². The van der Waals surface area contributed by atoms with Crippen molar-refractivity contribution in [3.8, 4) is 0 Å². The molecule has 23 heavy (non-hydrogen) atoms. The van der Waals surface area contributed by atoms with Gasteiger partial charge in [-0.2, -0.15) is 5.10 Å². The highest BCUT2D eigenvalue weighted by molar-refractivity contribution is 14.0. The summed E-state index contributed by atoms with van der Waals surface area (Å²) in [6.07, 6.45) is 8.56. The Hall–Kier alpha value is -0.790. The van der Waals surface area contributed by atoms with Gasteiger partial charge in [0.1, 0.15) is 0 Å². The van der Waals surface area contributed by atoms with Gasteiger partial charge in [0.25, 0.3) is 0 Å². The Labute approximate surface area is 157 Å². The molecule has 1 aliphatic rings. The predicted octanol–water partition coefficient (Wildman–Crippen LogP) is 3.31. The first-order valence-electron chi connectivity index (χ1n) is 8.46. The summed E-state index contributed by atoms with van der Waals surface area (Å²) >= 11 is 0. The van der Waals surface area contributed by atoms with Gasteiger partial charge >= 0.3 is 0 Å². The number of aliphatic imine (C=N–C) groups is 1. The standard InChI is InChI=1S/C17H31N5.HI/c1-14(2)11-17(8-5-6-9-17)13-20-16(18-3)19-12-15-7-10-21-22(15)4;/h7,10,14H,5-6,8-9,11-13H2,1-4H3,(H2,18,19,20);1H. The van der Waals surface area contributed by atoms with E-state index in [9.17, 15) is 0 Å². The first-order valence-corrected chi connectivity index (χ1v) is 8.46. The molecule has 0 unspecified atom stereocenters. The van der Waals surface area contributed by atoms with Gasteiger partial charge < -0.3 is 10.6 Å². The average molecular weight is 433 g/mol. The lowest BCUT2D eigenvalue weighted by molar-refractivity contribution is 0.234. The summed E-state index contributed by atoms with van der Waals surface area (Å²) in [5.74, 6) is 1.64. The molecule has 2 rings (SSSR count). The summed E-state index contributed by atoms with van der Waals surface area (Å²) in [5, 5.41) is 11.1. The van der Waals surface area contributed by atoms with Crippen LogP contribution < -0.4 is 10.6 Å². The third-order valence-electron chi connectivity index (χ3n) is 4.72. The number of hydrogen-bond donors (Lipinski definition) is 2. The largest absolute Gasteiger partial charge is 0.356 e. The van der Waals surface area contributed by atoms with Crippen LogP contribution in [0.15, 0.2) is 17.3 Å². The maximum Gasteiger partial charge on any atom is 0.191 e. The first-order chi connectivity index (χ1) is 10.5. The molecule has 0 aliphatic heterocycles. The predicted molar refractivity (Wildman–Crippen MR) is 107 cm³/mol. The van der Waals surface area contributed by atoms with Crippen LogP contribution in [-0.4, -0.2) is 29.3 Å². The molecular formula is C17H32IN5. The third-order valence-corrected chi connectivity index (χ3v) is 4.72. The summed E-state index contributed by atoms with van der Waals surface area (Å²) in [6.45, 7) is 6.43. The van der Waals surface area contributed by atoms with E-state index in [-0.39, 0.29) is 24.0 Å². The molecule has 1 saturated carbocycles. The van der Waals surface area contributed by atoms with Crippen LogP contribution in [0.4, 0.5) is 0 Å². The maximum atomic E-state index is 4.35. The number of aryl methyl sites for hydroxylation is 1. The van der Waals surface area contributed by atoms with E-state index < -0.39 is 0 Å². The van der Waals surface area contributed by atoms with Crippen molar-refractivity contribution in [1.29, 1.82) is 0 Å². The smallest absolute Gasteiger partial charge is 0.191 e. The Bertz CT molecular complexity index is 489. The van der Waals surface area contributed by atoms with E-state index in [2.05, 4.69) is 34.6 Å². The number of hydrogen-bond acceptors (Lipinski definition) is 2. The van der Waals surface area contributed by atoms with Crippen molar-refractivity contribution >= 4 is 29.9 Å². The Morgan fingerprint density at radius 2 is 2.04 bits per heavy atom. The molecule has 2 N–H and O–H groups in total. The molecule has 1 aromatic rings. The lowest BCUT2D eigenvalue weighted by Gasteiger charge is -2.31. The van der Waals surface area contributed by atoms with E-state index in [0.717, 1.165) is 30.7 Å². The zero-order valence-corrected chi connectivity index (χ0v) is 17.3. The molecule has 6 heteroatoms. The summed E-state index contributed by atoms with van der Waals surface area (Å²) in [7, 11) is 3.80. The molecule has 0 amide bonds. The van der Waals surface area contributed by atoms with Gasteiger partial charge in [0, 0.05) is 26.8 Å². The van der Waals surface area contributed by atoms with Crippen molar-refractivity contribution in [1.82, 2.24) is 20.4 Å². The van der Waals surface area contributed by atoms with Crippen LogP contribution in [0.5, 0.6) is 0 Å². The minimum atomic E-state index is 0. The quantitative estimate of drug-likeness (QED) is 0.411. The van der Waals surface area contributed by atoms with Crippen LogP contribution >= 0.6 is 24.0 Å². The minimum Gasteiger partial charge on any atom is -0.356 e. The van der Waals surface area contributed by atoms with Gasteiger partial charge in [-0.3, -0.25) is 9.67 Å². The van der Waals surface area contributed by atoms with Crippen LogP contribution in [-0.2, 0) is 13.6 Å². The van der Waals surface area contributed by atoms with Crippen LogP contribution in [0, 0.1) is 11.3 Å². The molecule has 5 nitrogen and oxygen atoms in total. The number of guanidine groups is 1. The molecular weight excluding hydrogens is 401 g/mol. The molecule has 1 heterocycles. The van der Waals surface area contributed by atoms with Crippen molar-refractivity contribution < 1.29 is 0 Å². The Balaban J connectivity index is 0.00000264. The van der Waals surface area contributed by atoms with Crippen LogP contribution in [0.1, 0.15) is 51.6 Å². The van der Waals surface area contributed by atoms with Gasteiger partial charge in [0.2, 0.25) is 0 Å². The van der Waals surface area contributed by atoms with Crippen molar-refractivity contribution in [2.75, 3.05) is 13.6 Å². The van der Waals surface area contributed by atoms with E-state index in [1.807, 2.05) is 31.0 Å². The fourth-order valence-corrected chi connectivity index (χ4v) is 3.68. The Kier molecular flexibility index (Phi) is 8.36. The molecule has 1 fully saturated rings. The van der Waals surface area contributed by atoms with E-state index in [0.29, 0.717) is 5.41 Å². The monoisotopic (exact) mass is 433 g/mol. The lowest BCUT2D eigenvalue weighted by Crippen LogP contribution is -2.43. The third kappa shape index (κ3) is 5.97. The second kappa shape index (κ2) is 9.49. The highest BCUT2D eigenvalue weighted by Gasteiger charge is 2.34. The van der Waals surface area contributed by atoms with Crippen molar-refractivity contribution in [2.24, 2.45) is 23.4 Å². The molecule has 0 saturated heterocycles. The molecule has 0 aromatic carbocycles. The van der Waals surface area contributed by atoms with Gasteiger partial charge in [-0.05, 0) is 36.7 Å². The normalized spacial score (nSPS) is 17.2. The number of nitrogens with one attached hydrogen (secondary N) is 2. The highest BCUT2D eigenvalue weighted by atomic mass is 127. The summed E-state index contributed by atoms with van der Waals surface area (Å²) in [6, 6.07) is 2.03. The number of nitrogens with zero attached hydrogens (tertiary/aromatic N) is 3. The molecule has 0 atom stereocenters. The molecule has 0 spiro atoms. The van der Waals surface area contributed by atoms with Gasteiger partial charge in [-0.15, -0.1) is 24.0 Å². The molecule has 0 bridgehead atoms. The van der Waals surface area contributed by atoms with E-state index in [1.165, 1.54) is 32.1 Å². The fourth-order valence-electron chi connectivity index (χ4n) is 3.68. The van der Waals surface area contributed by atoms with Crippen molar-refractivity contribution in [3.63, 3.8) is 0 Å². The van der Waals surface area contributed by atoms with E-state index in [4.69, 9.17) is 0 Å². The van der Waals surface area contributed by atoms with Crippen LogP contribution in [0.2, 0.25) is 0 Å². The molecule has 1 aromatic heterocycles. The molecule has 1 aliphatic carbocycles. The Morgan fingerprint density at radius 1 is 1.35 bits per heavy atom. The SMILES string of the molecule is CN=C(NCc1ccnn1C)NCC1(CC(C)C)CCCC1.I. The second-order valence-electron chi connectivity index (χ2n) is 7.03. The summed E-state index contributed by atoms with van der Waals surface area (Å²) in [4.78, 5) is 4.35. The van der Waals surface area contributed by atoms with Gasteiger partial charge in [-0.25, -0.2) is 0 Å². The summed E-state index contributed by atoms with van der Waals surface area (Å²) < 4.78 is 1.89. The summed E-state index contributed by atoms with van der Waals surface area (Å²) in [5.41, 5.74) is 1.61. The van der Waals surface area contributed by atoms with Gasteiger partial charge in [-0.1, -0.05) is 26.7 Å². The van der Waals surface area contributed by atoms with Gasteiger partial charge in [0.05, 0.1) is 12.2 Å². The number of rotatable bonds is 6. The minimum absolute atomic E-state index is 0. The van der Waals surface area contributed by atoms with Crippen LogP contribution in [0.25, 0.3) is 0 Å². The highest BCUT2D eigenvalue weighted by Crippen LogP contribution is 2.42. The lowest BCUT2D eigenvalue weighted by atomic mass is 9.78. The van der Waals surface area contributed by atoms with Gasteiger partial charge in [0.15, 0.2) is 5.96 Å². The number of aromatic nitrogens is 2. The number of halogens is 1. The average Bonchev–Trinajstić information content (AvgIpc) is 3.08. The molecule has 132 valence electrons. The topological polar surface area (TPSA) is 54.2 Å². The zero-order valence-electron chi connectivity index (χ0n) is 14.9. The van der Waals surface area contributed by atoms with Crippen molar-refractivity contribution in [3.05, 3.63) is 18.0 Å². The Morgan fingerprint density at radius 3 is 2.57 bits per heavy atom. The zero-order chi connectivity index (χ0) is 16.0. The maximum absolute atomic E-state index is 4.35. The molecule has 0 radical (unpaired) electrons. The van der Waals surface area contributed by atoms with Crippen molar-refractivity contribution in [2.45, 2.75) is 52.5 Å².